The van der Waals surface area contributed by atoms with Crippen molar-refractivity contribution in [2.24, 2.45) is 0 Å². The van der Waals surface area contributed by atoms with Crippen molar-refractivity contribution < 1.29 is 18.7 Å². The smallest absolute Gasteiger partial charge is 0.270 e. The normalized spacial score (nSPS) is 14.7. The van der Waals surface area contributed by atoms with Crippen LogP contribution in [0.3, 0.4) is 0 Å². The molecule has 0 bridgehead atoms. The third-order valence-electron chi connectivity index (χ3n) is 5.27. The molecule has 0 aromatic heterocycles. The molecular formula is C27H24FNO3S2. The zero-order chi connectivity index (χ0) is 24.1. The Balaban J connectivity index is 1.53. The molecule has 7 heteroatoms. The van der Waals surface area contributed by atoms with Crippen LogP contribution in [0.1, 0.15) is 30.5 Å². The zero-order valence-corrected chi connectivity index (χ0v) is 20.5. The summed E-state index contributed by atoms with van der Waals surface area (Å²) in [5, 5.41) is 0. The van der Waals surface area contributed by atoms with Crippen LogP contribution in [-0.4, -0.2) is 16.8 Å². The number of carbonyl (C=O) groups is 1. The Morgan fingerprint density at radius 1 is 0.941 bits per heavy atom. The Bertz CT molecular complexity index is 1220. The van der Waals surface area contributed by atoms with E-state index in [-0.39, 0.29) is 18.3 Å². The molecule has 3 aromatic carbocycles. The van der Waals surface area contributed by atoms with Gasteiger partial charge in [-0.2, -0.15) is 0 Å². The van der Waals surface area contributed by atoms with Gasteiger partial charge in [0.2, 0.25) is 0 Å². The first-order valence-corrected chi connectivity index (χ1v) is 12.2. The van der Waals surface area contributed by atoms with Crippen LogP contribution in [0.4, 0.5) is 10.1 Å². The lowest BCUT2D eigenvalue weighted by molar-refractivity contribution is -0.113. The maximum Gasteiger partial charge on any atom is 0.270 e. The van der Waals surface area contributed by atoms with Crippen molar-refractivity contribution in [1.29, 1.82) is 0 Å². The van der Waals surface area contributed by atoms with Gasteiger partial charge in [0.05, 0.1) is 17.2 Å². The molecule has 3 aromatic rings. The standard InChI is InChI=1S/C27H24FNO3S2/c1-3-18-7-12-22(13-8-18)29-26(30)25(34-27(29)33)16-20-9-14-23(24(15-20)31-4-2)32-17-19-5-10-21(28)11-6-19/h5-16H,3-4,17H2,1-2H3/b25-16-. The topological polar surface area (TPSA) is 38.8 Å². The van der Waals surface area contributed by atoms with Gasteiger partial charge in [-0.05, 0) is 72.5 Å². The van der Waals surface area contributed by atoms with Crippen LogP contribution in [-0.2, 0) is 17.8 Å². The molecule has 1 aliphatic rings. The fraction of sp³-hybridized carbons (Fsp3) is 0.185. The number of rotatable bonds is 8. The molecule has 0 unspecified atom stereocenters. The summed E-state index contributed by atoms with van der Waals surface area (Å²) in [5.41, 5.74) is 3.63. The average Bonchev–Trinajstić information content (AvgIpc) is 3.12. The number of carbonyl (C=O) groups excluding carboxylic acids is 1. The summed E-state index contributed by atoms with van der Waals surface area (Å²) >= 11 is 6.77. The highest BCUT2D eigenvalue weighted by Crippen LogP contribution is 2.37. The molecule has 34 heavy (non-hydrogen) atoms. The summed E-state index contributed by atoms with van der Waals surface area (Å²) in [6, 6.07) is 19.6. The third kappa shape index (κ3) is 5.48. The monoisotopic (exact) mass is 493 g/mol. The molecule has 0 atom stereocenters. The van der Waals surface area contributed by atoms with Crippen molar-refractivity contribution in [2.45, 2.75) is 26.9 Å². The van der Waals surface area contributed by atoms with Crippen molar-refractivity contribution in [2.75, 3.05) is 11.5 Å². The van der Waals surface area contributed by atoms with Gasteiger partial charge in [0, 0.05) is 0 Å². The summed E-state index contributed by atoms with van der Waals surface area (Å²) < 4.78 is 25.3. The molecule has 0 radical (unpaired) electrons. The maximum atomic E-state index is 13.1. The van der Waals surface area contributed by atoms with Crippen LogP contribution in [0, 0.1) is 5.82 Å². The van der Waals surface area contributed by atoms with Crippen LogP contribution in [0.25, 0.3) is 6.08 Å². The van der Waals surface area contributed by atoms with Crippen molar-refractivity contribution in [3.05, 3.63) is 94.1 Å². The van der Waals surface area contributed by atoms with Crippen molar-refractivity contribution >= 4 is 46.0 Å². The highest BCUT2D eigenvalue weighted by Gasteiger charge is 2.33. The second-order valence-electron chi connectivity index (χ2n) is 7.59. The molecule has 0 saturated carbocycles. The second kappa shape index (κ2) is 10.8. The average molecular weight is 494 g/mol. The van der Waals surface area contributed by atoms with E-state index in [0.29, 0.717) is 27.3 Å². The van der Waals surface area contributed by atoms with E-state index in [9.17, 15) is 9.18 Å². The Hall–Kier alpha value is -3.16. The summed E-state index contributed by atoms with van der Waals surface area (Å²) in [6.45, 7) is 4.74. The summed E-state index contributed by atoms with van der Waals surface area (Å²) in [5.74, 6) is 0.719. The lowest BCUT2D eigenvalue weighted by Gasteiger charge is -2.15. The van der Waals surface area contributed by atoms with Crippen LogP contribution in [0.2, 0.25) is 0 Å². The van der Waals surface area contributed by atoms with Crippen molar-refractivity contribution in [3.63, 3.8) is 0 Å². The molecule has 1 amide bonds. The highest BCUT2D eigenvalue weighted by atomic mass is 32.2. The van der Waals surface area contributed by atoms with E-state index in [1.807, 2.05) is 55.5 Å². The van der Waals surface area contributed by atoms with Gasteiger partial charge in [-0.25, -0.2) is 4.39 Å². The molecule has 0 N–H and O–H groups in total. The molecule has 0 aliphatic carbocycles. The quantitative estimate of drug-likeness (QED) is 0.256. The molecule has 4 nitrogen and oxygen atoms in total. The lowest BCUT2D eigenvalue weighted by Crippen LogP contribution is -2.27. The molecular weight excluding hydrogens is 469 g/mol. The van der Waals surface area contributed by atoms with Crippen LogP contribution >= 0.6 is 24.0 Å². The van der Waals surface area contributed by atoms with E-state index in [4.69, 9.17) is 21.7 Å². The first-order chi connectivity index (χ1) is 16.5. The number of benzene rings is 3. The van der Waals surface area contributed by atoms with Gasteiger partial charge in [0.1, 0.15) is 12.4 Å². The minimum absolute atomic E-state index is 0.145. The van der Waals surface area contributed by atoms with E-state index in [2.05, 4.69) is 6.92 Å². The number of aryl methyl sites for hydroxylation is 1. The Morgan fingerprint density at radius 3 is 2.32 bits per heavy atom. The molecule has 4 rings (SSSR count). The minimum atomic E-state index is -0.286. The second-order valence-corrected chi connectivity index (χ2v) is 9.27. The third-order valence-corrected chi connectivity index (χ3v) is 6.57. The van der Waals surface area contributed by atoms with Crippen molar-refractivity contribution in [1.82, 2.24) is 0 Å². The van der Waals surface area contributed by atoms with Gasteiger partial charge >= 0.3 is 0 Å². The number of thiocarbonyl (C=S) groups is 1. The van der Waals surface area contributed by atoms with E-state index in [0.717, 1.165) is 23.2 Å². The Morgan fingerprint density at radius 2 is 1.65 bits per heavy atom. The van der Waals surface area contributed by atoms with Gasteiger partial charge in [0.15, 0.2) is 15.8 Å². The minimum Gasteiger partial charge on any atom is -0.490 e. The van der Waals surface area contributed by atoms with E-state index < -0.39 is 0 Å². The van der Waals surface area contributed by atoms with Gasteiger partial charge < -0.3 is 9.47 Å². The molecule has 1 saturated heterocycles. The largest absolute Gasteiger partial charge is 0.490 e. The highest BCUT2D eigenvalue weighted by molar-refractivity contribution is 8.27. The molecule has 1 aliphatic heterocycles. The van der Waals surface area contributed by atoms with Crippen LogP contribution < -0.4 is 14.4 Å². The Kier molecular flexibility index (Phi) is 7.65. The summed E-state index contributed by atoms with van der Waals surface area (Å²) in [7, 11) is 0. The van der Waals surface area contributed by atoms with Gasteiger partial charge in [-0.3, -0.25) is 9.69 Å². The number of ether oxygens (including phenoxy) is 2. The fourth-order valence-electron chi connectivity index (χ4n) is 3.47. The zero-order valence-electron chi connectivity index (χ0n) is 18.9. The first kappa shape index (κ1) is 24.0. The fourth-order valence-corrected chi connectivity index (χ4v) is 4.77. The number of thioether (sulfide) groups is 1. The van der Waals surface area contributed by atoms with E-state index in [1.165, 1.54) is 29.5 Å². The summed E-state index contributed by atoms with van der Waals surface area (Å²) in [6.07, 6.45) is 2.75. The SMILES string of the molecule is CCOc1cc(/C=C2\SC(=S)N(c3ccc(CC)cc3)C2=O)ccc1OCc1ccc(F)cc1. The number of amides is 1. The summed E-state index contributed by atoms with van der Waals surface area (Å²) in [4.78, 5) is 15.2. The lowest BCUT2D eigenvalue weighted by atomic mass is 10.1. The predicted octanol–water partition coefficient (Wildman–Crippen LogP) is 6.77. The van der Waals surface area contributed by atoms with Gasteiger partial charge in [-0.15, -0.1) is 0 Å². The van der Waals surface area contributed by atoms with E-state index >= 15 is 0 Å². The van der Waals surface area contributed by atoms with Crippen molar-refractivity contribution in [3.8, 4) is 11.5 Å². The van der Waals surface area contributed by atoms with Crippen LogP contribution in [0.15, 0.2) is 71.6 Å². The van der Waals surface area contributed by atoms with E-state index in [1.54, 1.807) is 17.0 Å². The maximum absolute atomic E-state index is 13.1. The molecule has 0 spiro atoms. The number of halogens is 1. The number of anilines is 1. The molecule has 174 valence electrons. The van der Waals surface area contributed by atoms with Gasteiger partial charge in [-0.1, -0.05) is 61.2 Å². The first-order valence-electron chi connectivity index (χ1n) is 11.0. The number of hydrogen-bond donors (Lipinski definition) is 0. The predicted molar refractivity (Wildman–Crippen MR) is 140 cm³/mol. The molecule has 1 fully saturated rings. The number of nitrogens with zero attached hydrogens (tertiary/aromatic N) is 1. The number of hydrogen-bond acceptors (Lipinski definition) is 5. The van der Waals surface area contributed by atoms with Crippen LogP contribution in [0.5, 0.6) is 11.5 Å². The molecule has 1 heterocycles. The Labute approximate surface area is 208 Å². The van der Waals surface area contributed by atoms with Gasteiger partial charge in [0.25, 0.3) is 5.91 Å².